The van der Waals surface area contributed by atoms with Crippen LogP contribution in [0.4, 0.5) is 0 Å². The molecular weight excluding hydrogens is 264 g/mol. The summed E-state index contributed by atoms with van der Waals surface area (Å²) < 4.78 is 4.83. The van der Waals surface area contributed by atoms with E-state index in [1.807, 2.05) is 0 Å². The van der Waals surface area contributed by atoms with Gasteiger partial charge >= 0.3 is 5.97 Å². The molecule has 6 heteroatoms. The van der Waals surface area contributed by atoms with E-state index >= 15 is 0 Å². The van der Waals surface area contributed by atoms with Gasteiger partial charge in [0.15, 0.2) is 10.9 Å². The molecule has 0 spiro atoms. The molecule has 0 radical (unpaired) electrons. The lowest BCUT2D eigenvalue weighted by molar-refractivity contribution is -0.145. The van der Waals surface area contributed by atoms with E-state index in [0.29, 0.717) is 12.8 Å². The van der Waals surface area contributed by atoms with Gasteiger partial charge in [0.2, 0.25) is 0 Å². The van der Waals surface area contributed by atoms with Crippen molar-refractivity contribution >= 4 is 41.1 Å². The molecule has 0 unspecified atom stereocenters. The first-order valence-corrected chi connectivity index (χ1v) is 6.24. The summed E-state index contributed by atoms with van der Waals surface area (Å²) in [5.41, 5.74) is -0.526. The lowest BCUT2D eigenvalue weighted by Gasteiger charge is -2.19. The zero-order valence-corrected chi connectivity index (χ0v) is 11.6. The first-order valence-electron chi connectivity index (χ1n) is 5.26. The van der Waals surface area contributed by atoms with Gasteiger partial charge in [0, 0.05) is 5.41 Å². The number of Topliss-reactive ketones (excluding diaryl/α,β-unsaturated/α-hetero) is 1. The molecule has 0 bridgehead atoms. The van der Waals surface area contributed by atoms with E-state index < -0.39 is 11.4 Å². The molecule has 98 valence electrons. The minimum atomic E-state index is -0.578. The molecule has 0 aromatic carbocycles. The Kier molecular flexibility index (Phi) is 7.46. The summed E-state index contributed by atoms with van der Waals surface area (Å²) in [4.78, 5) is 33.0. The number of ether oxygens (including phenoxy) is 1. The highest BCUT2D eigenvalue weighted by Crippen LogP contribution is 2.24. The fourth-order valence-corrected chi connectivity index (χ4v) is 1.27. The van der Waals surface area contributed by atoms with Crippen molar-refractivity contribution in [3.63, 3.8) is 0 Å². The Labute approximate surface area is 111 Å². The van der Waals surface area contributed by atoms with Crippen molar-refractivity contribution in [1.29, 1.82) is 0 Å². The topological polar surface area (TPSA) is 60.4 Å². The van der Waals surface area contributed by atoms with Gasteiger partial charge in [0.1, 0.15) is 6.42 Å². The maximum Gasteiger partial charge on any atom is 0.313 e. The number of thiol groups is 1. The van der Waals surface area contributed by atoms with Gasteiger partial charge in [-0.1, -0.05) is 13.8 Å². The summed E-state index contributed by atoms with van der Waals surface area (Å²) >= 11 is 9.02. The predicted molar refractivity (Wildman–Crippen MR) is 68.3 cm³/mol. The SMILES string of the molecule is CC(C)(CCCOC(=O)CC(=O)CCl)C(=O)S. The van der Waals surface area contributed by atoms with Crippen molar-refractivity contribution in [3.8, 4) is 0 Å². The number of hydrogen-bond acceptors (Lipinski definition) is 4. The smallest absolute Gasteiger partial charge is 0.313 e. The third-order valence-electron chi connectivity index (χ3n) is 2.28. The second-order valence-electron chi connectivity index (χ2n) is 4.36. The van der Waals surface area contributed by atoms with Crippen LogP contribution in [0.1, 0.15) is 33.1 Å². The highest BCUT2D eigenvalue weighted by molar-refractivity contribution is 7.96. The first-order chi connectivity index (χ1) is 7.79. The van der Waals surface area contributed by atoms with Crippen LogP contribution in [0.15, 0.2) is 0 Å². The Hall–Kier alpha value is -0.550. The third kappa shape index (κ3) is 7.39. The van der Waals surface area contributed by atoms with Crippen molar-refractivity contribution in [2.24, 2.45) is 5.41 Å². The minimum Gasteiger partial charge on any atom is -0.465 e. The average molecular weight is 281 g/mol. The van der Waals surface area contributed by atoms with Gasteiger partial charge in [0.05, 0.1) is 12.5 Å². The summed E-state index contributed by atoms with van der Waals surface area (Å²) in [6, 6.07) is 0. The summed E-state index contributed by atoms with van der Waals surface area (Å²) in [6.07, 6.45) is 0.838. The van der Waals surface area contributed by atoms with Crippen LogP contribution in [-0.2, 0) is 19.1 Å². The molecule has 0 aromatic heterocycles. The number of carbonyl (C=O) groups is 3. The van der Waals surface area contributed by atoms with Crippen LogP contribution in [0.2, 0.25) is 0 Å². The van der Waals surface area contributed by atoms with Gasteiger partial charge in [-0.15, -0.1) is 24.2 Å². The standard InChI is InChI=1S/C11H17ClO4S/c1-11(2,10(15)17)4-3-5-16-9(14)6-8(13)7-12/h3-7H2,1-2H3,(H,15,17). The van der Waals surface area contributed by atoms with Crippen molar-refractivity contribution in [2.75, 3.05) is 12.5 Å². The van der Waals surface area contributed by atoms with Gasteiger partial charge in [0.25, 0.3) is 0 Å². The van der Waals surface area contributed by atoms with E-state index in [-0.39, 0.29) is 29.8 Å². The Morgan fingerprint density at radius 2 is 1.88 bits per heavy atom. The Balaban J connectivity index is 3.75. The normalized spacial score (nSPS) is 11.1. The molecular formula is C11H17ClO4S. The molecule has 0 aliphatic rings. The van der Waals surface area contributed by atoms with Crippen LogP contribution in [0.3, 0.4) is 0 Å². The van der Waals surface area contributed by atoms with Crippen LogP contribution >= 0.6 is 24.2 Å². The van der Waals surface area contributed by atoms with E-state index in [0.717, 1.165) is 0 Å². The van der Waals surface area contributed by atoms with E-state index in [1.54, 1.807) is 13.8 Å². The van der Waals surface area contributed by atoms with E-state index in [1.165, 1.54) is 0 Å². The lowest BCUT2D eigenvalue weighted by atomic mass is 9.90. The van der Waals surface area contributed by atoms with Crippen LogP contribution in [0.25, 0.3) is 0 Å². The maximum absolute atomic E-state index is 11.1. The van der Waals surface area contributed by atoms with Gasteiger partial charge in [-0.2, -0.15) is 0 Å². The molecule has 0 atom stereocenters. The molecule has 17 heavy (non-hydrogen) atoms. The molecule has 0 amide bonds. The molecule has 0 N–H and O–H groups in total. The number of alkyl halides is 1. The zero-order valence-electron chi connectivity index (χ0n) is 9.99. The van der Waals surface area contributed by atoms with Crippen LogP contribution in [0, 0.1) is 5.41 Å². The molecule has 0 aromatic rings. The Bertz CT molecular complexity index is 302. The highest BCUT2D eigenvalue weighted by Gasteiger charge is 2.24. The van der Waals surface area contributed by atoms with Crippen LogP contribution in [0.5, 0.6) is 0 Å². The second kappa shape index (κ2) is 7.71. The first kappa shape index (κ1) is 16.4. The van der Waals surface area contributed by atoms with Crippen LogP contribution in [-0.4, -0.2) is 29.4 Å². The van der Waals surface area contributed by atoms with Gasteiger partial charge in [-0.3, -0.25) is 14.4 Å². The number of ketones is 1. The minimum absolute atomic E-state index is 0.184. The molecule has 4 nitrogen and oxygen atoms in total. The highest BCUT2D eigenvalue weighted by atomic mass is 35.5. The molecule has 0 fully saturated rings. The van der Waals surface area contributed by atoms with Crippen molar-refractivity contribution in [2.45, 2.75) is 33.1 Å². The maximum atomic E-state index is 11.1. The molecule has 0 saturated carbocycles. The largest absolute Gasteiger partial charge is 0.465 e. The summed E-state index contributed by atoms with van der Waals surface area (Å²) in [5.74, 6) is -1.12. The number of halogens is 1. The Morgan fingerprint density at radius 3 is 2.35 bits per heavy atom. The third-order valence-corrected chi connectivity index (χ3v) is 3.18. The molecule has 0 rings (SSSR count). The molecule has 0 aliphatic carbocycles. The Morgan fingerprint density at radius 1 is 1.29 bits per heavy atom. The predicted octanol–water partition coefficient (Wildman–Crippen LogP) is 1.99. The van der Waals surface area contributed by atoms with E-state index in [4.69, 9.17) is 16.3 Å². The van der Waals surface area contributed by atoms with Crippen LogP contribution < -0.4 is 0 Å². The second-order valence-corrected chi connectivity index (χ2v) is 5.04. The quantitative estimate of drug-likeness (QED) is 0.243. The number of esters is 1. The van der Waals surface area contributed by atoms with Gasteiger partial charge in [-0.25, -0.2) is 0 Å². The zero-order chi connectivity index (χ0) is 13.5. The average Bonchev–Trinajstić information content (AvgIpc) is 2.24. The summed E-state index contributed by atoms with van der Waals surface area (Å²) in [6.45, 7) is 3.75. The summed E-state index contributed by atoms with van der Waals surface area (Å²) in [5, 5.41) is -0.193. The van der Waals surface area contributed by atoms with Gasteiger partial charge in [-0.05, 0) is 12.8 Å². The lowest BCUT2D eigenvalue weighted by Crippen LogP contribution is -2.20. The molecule has 0 heterocycles. The van der Waals surface area contributed by atoms with Crippen molar-refractivity contribution < 1.29 is 19.1 Å². The summed E-state index contributed by atoms with van der Waals surface area (Å²) in [7, 11) is 0. The molecule has 0 saturated heterocycles. The van der Waals surface area contributed by atoms with E-state index in [2.05, 4.69) is 12.6 Å². The molecule has 0 aliphatic heterocycles. The number of hydrogen-bond donors (Lipinski definition) is 1. The van der Waals surface area contributed by atoms with Crippen molar-refractivity contribution in [1.82, 2.24) is 0 Å². The fourth-order valence-electron chi connectivity index (χ4n) is 1.07. The number of rotatable bonds is 8. The fraction of sp³-hybridized carbons (Fsp3) is 0.727. The monoisotopic (exact) mass is 280 g/mol. The van der Waals surface area contributed by atoms with E-state index in [9.17, 15) is 14.4 Å². The van der Waals surface area contributed by atoms with Crippen molar-refractivity contribution in [3.05, 3.63) is 0 Å². The number of carbonyl (C=O) groups excluding carboxylic acids is 3. The van der Waals surface area contributed by atoms with Gasteiger partial charge < -0.3 is 4.74 Å².